The van der Waals surface area contributed by atoms with E-state index in [0.717, 1.165) is 32.1 Å². The Balaban J connectivity index is 1.87. The average Bonchev–Trinajstić information content (AvgIpc) is 3.25. The number of carbonyl (C=O) groups excluding carboxylic acids is 1. The van der Waals surface area contributed by atoms with Gasteiger partial charge in [0.25, 0.3) is 0 Å². The van der Waals surface area contributed by atoms with Crippen LogP contribution < -0.4 is 0 Å². The Morgan fingerprint density at radius 1 is 1.02 bits per heavy atom. The zero-order valence-corrected chi connectivity index (χ0v) is 33.0. The Bertz CT molecular complexity index is 1160. The lowest BCUT2D eigenvalue weighted by Crippen LogP contribution is -2.49. The van der Waals surface area contributed by atoms with Crippen LogP contribution in [0.1, 0.15) is 120 Å². The minimum atomic E-state index is -1.97. The molecular formula is C38H66O4Si2. The van der Waals surface area contributed by atoms with Gasteiger partial charge in [0.2, 0.25) is 0 Å². The van der Waals surface area contributed by atoms with Crippen molar-refractivity contribution in [3.05, 3.63) is 22.8 Å². The van der Waals surface area contributed by atoms with Gasteiger partial charge >= 0.3 is 5.97 Å². The fourth-order valence-corrected chi connectivity index (χ4v) is 10.2. The molecule has 1 saturated carbocycles. The molecule has 44 heavy (non-hydrogen) atoms. The van der Waals surface area contributed by atoms with Gasteiger partial charge in [0.05, 0.1) is 19.3 Å². The van der Waals surface area contributed by atoms with Gasteiger partial charge in [-0.25, -0.2) is 0 Å². The number of hydrogen-bond donors (Lipinski definition) is 0. The van der Waals surface area contributed by atoms with Crippen molar-refractivity contribution in [2.24, 2.45) is 23.2 Å². The first-order chi connectivity index (χ1) is 20.1. The fourth-order valence-electron chi connectivity index (χ4n) is 7.49. The summed E-state index contributed by atoms with van der Waals surface area (Å²) in [4.78, 5) is 11.7. The second-order valence-electron chi connectivity index (χ2n) is 17.6. The number of fused-ring (bicyclic) bond motifs is 1. The number of carbonyl (C=O) groups is 1. The number of allylic oxidation sites excluding steroid dienone is 2. The van der Waals surface area contributed by atoms with Crippen molar-refractivity contribution < 1.29 is 18.4 Å². The summed E-state index contributed by atoms with van der Waals surface area (Å²) in [6.45, 7) is 30.6. The van der Waals surface area contributed by atoms with Crippen LogP contribution in [0.25, 0.3) is 0 Å². The number of hydrogen-bond acceptors (Lipinski definition) is 4. The first kappa shape index (κ1) is 37.3. The van der Waals surface area contributed by atoms with E-state index < -0.39 is 16.6 Å². The molecule has 6 heteroatoms. The average molecular weight is 643 g/mol. The lowest BCUT2D eigenvalue weighted by atomic mass is 9.62. The van der Waals surface area contributed by atoms with Crippen LogP contribution in [-0.2, 0) is 18.4 Å². The molecular weight excluding hydrogens is 577 g/mol. The smallest absolute Gasteiger partial charge is 0.305 e. The highest BCUT2D eigenvalue weighted by molar-refractivity contribution is 6.74. The molecule has 1 fully saturated rings. The van der Waals surface area contributed by atoms with Crippen molar-refractivity contribution in [2.45, 2.75) is 169 Å². The molecule has 0 aromatic carbocycles. The summed E-state index contributed by atoms with van der Waals surface area (Å²) in [6.07, 6.45) is 11.8. The predicted octanol–water partition coefficient (Wildman–Crippen LogP) is 10.6. The largest absolute Gasteiger partial charge is 0.469 e. The zero-order valence-electron chi connectivity index (χ0n) is 31.0. The first-order valence-corrected chi connectivity index (χ1v) is 23.3. The van der Waals surface area contributed by atoms with Crippen molar-refractivity contribution in [1.29, 1.82) is 0 Å². The third kappa shape index (κ3) is 8.41. The van der Waals surface area contributed by atoms with Gasteiger partial charge < -0.3 is 13.6 Å². The minimum absolute atomic E-state index is 0.0658. The van der Waals surface area contributed by atoms with E-state index in [2.05, 4.69) is 106 Å². The highest BCUT2D eigenvalue weighted by Crippen LogP contribution is 2.58. The van der Waals surface area contributed by atoms with Gasteiger partial charge in [-0.2, -0.15) is 0 Å². The van der Waals surface area contributed by atoms with E-state index in [1.54, 1.807) is 0 Å². The molecule has 6 atom stereocenters. The third-order valence-corrected chi connectivity index (χ3v) is 21.5. The highest BCUT2D eigenvalue weighted by atomic mass is 28.4. The summed E-state index contributed by atoms with van der Waals surface area (Å²) < 4.78 is 19.0. The monoisotopic (exact) mass is 642 g/mol. The molecule has 3 aliphatic carbocycles. The maximum absolute atomic E-state index is 11.7. The molecule has 0 spiro atoms. The number of rotatable bonds is 9. The van der Waals surface area contributed by atoms with Gasteiger partial charge in [0, 0.05) is 30.4 Å². The van der Waals surface area contributed by atoms with Crippen LogP contribution in [-0.4, -0.2) is 41.9 Å². The molecule has 0 heterocycles. The van der Waals surface area contributed by atoms with E-state index in [9.17, 15) is 4.79 Å². The van der Waals surface area contributed by atoms with Gasteiger partial charge in [-0.3, -0.25) is 4.79 Å². The van der Waals surface area contributed by atoms with E-state index in [-0.39, 0.29) is 33.7 Å². The molecule has 0 aliphatic heterocycles. The van der Waals surface area contributed by atoms with Crippen LogP contribution >= 0.6 is 0 Å². The fraction of sp³-hybridized carbons (Fsp3) is 0.816. The quantitative estimate of drug-likeness (QED) is 0.143. The third-order valence-electron chi connectivity index (χ3n) is 12.5. The maximum atomic E-state index is 11.7. The van der Waals surface area contributed by atoms with Crippen LogP contribution in [0.3, 0.4) is 0 Å². The van der Waals surface area contributed by atoms with Crippen molar-refractivity contribution in [3.63, 3.8) is 0 Å². The van der Waals surface area contributed by atoms with Crippen molar-refractivity contribution >= 4 is 22.6 Å². The Labute approximate surface area is 273 Å². The second kappa shape index (κ2) is 13.9. The van der Waals surface area contributed by atoms with E-state index in [1.807, 2.05) is 0 Å². The van der Waals surface area contributed by atoms with Crippen LogP contribution in [0.2, 0.25) is 36.3 Å². The lowest BCUT2D eigenvalue weighted by molar-refractivity contribution is -0.140. The van der Waals surface area contributed by atoms with Gasteiger partial charge in [0.1, 0.15) is 0 Å². The Morgan fingerprint density at radius 3 is 2.23 bits per heavy atom. The van der Waals surface area contributed by atoms with Crippen molar-refractivity contribution in [1.82, 2.24) is 0 Å². The topological polar surface area (TPSA) is 44.8 Å². The molecule has 0 aromatic rings. The molecule has 3 aliphatic rings. The molecule has 0 N–H and O–H groups in total. The van der Waals surface area contributed by atoms with E-state index in [4.69, 9.17) is 13.6 Å². The van der Waals surface area contributed by atoms with Gasteiger partial charge in [-0.1, -0.05) is 73.3 Å². The summed E-state index contributed by atoms with van der Waals surface area (Å²) in [5.41, 5.74) is 4.20. The van der Waals surface area contributed by atoms with Gasteiger partial charge in [-0.05, 0) is 110 Å². The molecule has 0 aromatic heterocycles. The number of methoxy groups -OCH3 is 1. The normalized spacial score (nSPS) is 29.0. The molecule has 3 rings (SSSR count). The SMILES string of the molecule is COC(=O)CCCC(C)C1CCC2C(C#CC3=C(C)C(O[Si](C)(C)C(C)(C)C)CC(O[Si](C)(C)C(C)(C)C)C3)=CCC[C@@]21C. The van der Waals surface area contributed by atoms with Crippen LogP contribution in [0, 0.1) is 35.0 Å². The summed E-state index contributed by atoms with van der Waals surface area (Å²) in [5, 5.41) is 0.316. The Kier molecular flexibility index (Phi) is 11.8. The summed E-state index contributed by atoms with van der Waals surface area (Å²) >= 11 is 0. The van der Waals surface area contributed by atoms with Gasteiger partial charge in [0.15, 0.2) is 16.6 Å². The van der Waals surface area contributed by atoms with Crippen LogP contribution in [0.4, 0.5) is 0 Å². The molecule has 0 amide bonds. The summed E-state index contributed by atoms with van der Waals surface area (Å²) in [5.74, 6) is 9.25. The number of ether oxygens (including phenoxy) is 1. The molecule has 4 nitrogen and oxygen atoms in total. The summed E-state index contributed by atoms with van der Waals surface area (Å²) in [6, 6.07) is 0. The van der Waals surface area contributed by atoms with Gasteiger partial charge in [-0.15, -0.1) is 0 Å². The molecule has 5 unspecified atom stereocenters. The standard InChI is InChI=1S/C38H66O4Si2/c1-27(17-15-19-35(39)40-10)32-22-23-33-29(18-16-24-38(32,33)9)20-21-30-25-31(41-43(11,12)36(3,4)5)26-34(28(30)2)42-44(13,14)37(6,7)8/h18,27,31-34H,15-17,19,22-26H2,1-14H3/t27?,31?,32?,33?,34?,38-/m1/s1. The van der Waals surface area contributed by atoms with Crippen molar-refractivity contribution in [2.75, 3.05) is 7.11 Å². The van der Waals surface area contributed by atoms with Crippen LogP contribution in [0.5, 0.6) is 0 Å². The van der Waals surface area contributed by atoms with Crippen LogP contribution in [0.15, 0.2) is 22.8 Å². The predicted molar refractivity (Wildman–Crippen MR) is 191 cm³/mol. The molecule has 0 radical (unpaired) electrons. The minimum Gasteiger partial charge on any atom is -0.469 e. The second-order valence-corrected chi connectivity index (χ2v) is 27.1. The van der Waals surface area contributed by atoms with Crippen molar-refractivity contribution in [3.8, 4) is 11.8 Å². The van der Waals surface area contributed by atoms with E-state index >= 15 is 0 Å². The maximum Gasteiger partial charge on any atom is 0.305 e. The molecule has 250 valence electrons. The lowest BCUT2D eigenvalue weighted by Gasteiger charge is -2.45. The molecule has 0 bridgehead atoms. The zero-order chi connectivity index (χ0) is 33.3. The first-order valence-electron chi connectivity index (χ1n) is 17.5. The molecule has 0 saturated heterocycles. The Hall–Kier alpha value is -1.14. The Morgan fingerprint density at radius 2 is 1.64 bits per heavy atom. The summed E-state index contributed by atoms with van der Waals surface area (Å²) in [7, 11) is -2.43. The van der Waals surface area contributed by atoms with E-state index in [1.165, 1.54) is 43.1 Å². The highest BCUT2D eigenvalue weighted by Gasteiger charge is 2.50. The van der Waals surface area contributed by atoms with E-state index in [0.29, 0.717) is 24.2 Å². The number of esters is 1.